The van der Waals surface area contributed by atoms with Crippen LogP contribution in [0, 0.1) is 5.92 Å². The van der Waals surface area contributed by atoms with E-state index >= 15 is 0 Å². The zero-order chi connectivity index (χ0) is 15.5. The van der Waals surface area contributed by atoms with E-state index in [0.717, 1.165) is 17.4 Å². The van der Waals surface area contributed by atoms with Crippen molar-refractivity contribution < 1.29 is 4.79 Å². The Morgan fingerprint density at radius 1 is 1.23 bits per heavy atom. The van der Waals surface area contributed by atoms with Crippen LogP contribution >= 0.6 is 0 Å². The molecular weight excluding hydrogens is 276 g/mol. The van der Waals surface area contributed by atoms with E-state index in [1.54, 1.807) is 18.0 Å². The predicted molar refractivity (Wildman–Crippen MR) is 88.1 cm³/mol. The van der Waals surface area contributed by atoms with Gasteiger partial charge in [-0.2, -0.15) is 0 Å². The predicted octanol–water partition coefficient (Wildman–Crippen LogP) is 3.18. The molecular formula is C18H22N2O2. The summed E-state index contributed by atoms with van der Waals surface area (Å²) < 4.78 is 0. The molecule has 116 valence electrons. The van der Waals surface area contributed by atoms with Gasteiger partial charge in [-0.25, -0.2) is 0 Å². The molecule has 1 heterocycles. The first-order valence-corrected chi connectivity index (χ1v) is 8.02. The number of benzene rings is 1. The maximum absolute atomic E-state index is 12.6. The number of rotatable bonds is 3. The van der Waals surface area contributed by atoms with E-state index in [1.807, 2.05) is 24.3 Å². The number of pyridine rings is 1. The molecule has 0 saturated heterocycles. The van der Waals surface area contributed by atoms with Crippen molar-refractivity contribution in [2.75, 3.05) is 13.6 Å². The number of H-pyrrole nitrogens is 1. The lowest BCUT2D eigenvalue weighted by Gasteiger charge is -2.27. The van der Waals surface area contributed by atoms with Gasteiger partial charge in [0.05, 0.1) is 0 Å². The number of aromatic nitrogens is 1. The van der Waals surface area contributed by atoms with Crippen LogP contribution < -0.4 is 5.56 Å². The van der Waals surface area contributed by atoms with E-state index in [1.165, 1.54) is 32.1 Å². The summed E-state index contributed by atoms with van der Waals surface area (Å²) in [4.78, 5) is 29.3. The number of nitrogens with one attached hydrogen (secondary N) is 1. The fourth-order valence-corrected chi connectivity index (χ4v) is 3.35. The van der Waals surface area contributed by atoms with Gasteiger partial charge in [0.25, 0.3) is 11.5 Å². The monoisotopic (exact) mass is 298 g/mol. The van der Waals surface area contributed by atoms with Gasteiger partial charge < -0.3 is 9.88 Å². The summed E-state index contributed by atoms with van der Waals surface area (Å²) in [7, 11) is 1.80. The molecule has 1 saturated carbocycles. The Labute approximate surface area is 130 Å². The van der Waals surface area contributed by atoms with Crippen LogP contribution in [0.1, 0.15) is 42.5 Å². The number of nitrogens with zero attached hydrogens (tertiary/aromatic N) is 1. The van der Waals surface area contributed by atoms with Crippen molar-refractivity contribution in [1.82, 2.24) is 9.88 Å². The Kier molecular flexibility index (Phi) is 4.27. The van der Waals surface area contributed by atoms with Crippen LogP contribution in [-0.2, 0) is 0 Å². The number of hydrogen-bond donors (Lipinski definition) is 1. The van der Waals surface area contributed by atoms with E-state index in [2.05, 4.69) is 4.98 Å². The van der Waals surface area contributed by atoms with Crippen LogP contribution in [0.3, 0.4) is 0 Å². The van der Waals surface area contributed by atoms with E-state index in [0.29, 0.717) is 5.92 Å². The molecule has 1 N–H and O–H groups in total. The average molecular weight is 298 g/mol. The van der Waals surface area contributed by atoms with Crippen molar-refractivity contribution in [2.45, 2.75) is 32.1 Å². The summed E-state index contributed by atoms with van der Waals surface area (Å²) in [6.45, 7) is 0.741. The molecule has 1 aliphatic carbocycles. The standard InChI is InChI=1S/C18H22N2O2/c1-20(12-13-7-3-2-4-8-13)18(22)15-11-14-9-5-6-10-16(14)19-17(15)21/h5-6,9-11,13H,2-4,7-8,12H2,1H3,(H,19,21). The Hall–Kier alpha value is -2.10. The van der Waals surface area contributed by atoms with Gasteiger partial charge in [-0.05, 0) is 36.3 Å². The number of carbonyl (C=O) groups excluding carboxylic acids is 1. The molecule has 0 bridgehead atoms. The van der Waals surface area contributed by atoms with Crippen LogP contribution in [0.5, 0.6) is 0 Å². The van der Waals surface area contributed by atoms with Crippen molar-refractivity contribution in [3.63, 3.8) is 0 Å². The minimum Gasteiger partial charge on any atom is -0.341 e. The third-order valence-corrected chi connectivity index (χ3v) is 4.59. The molecule has 22 heavy (non-hydrogen) atoms. The largest absolute Gasteiger partial charge is 0.341 e. The first-order valence-electron chi connectivity index (χ1n) is 8.02. The Morgan fingerprint density at radius 3 is 2.73 bits per heavy atom. The minimum absolute atomic E-state index is 0.183. The van der Waals surface area contributed by atoms with Gasteiger partial charge in [-0.3, -0.25) is 9.59 Å². The van der Waals surface area contributed by atoms with Crippen molar-refractivity contribution >= 4 is 16.8 Å². The van der Waals surface area contributed by atoms with E-state index < -0.39 is 0 Å². The smallest absolute Gasteiger partial charge is 0.261 e. The fraction of sp³-hybridized carbons (Fsp3) is 0.444. The second kappa shape index (κ2) is 6.34. The Balaban J connectivity index is 1.81. The SMILES string of the molecule is CN(CC1CCCCC1)C(=O)c1cc2ccccc2[nH]c1=O. The van der Waals surface area contributed by atoms with Gasteiger partial charge >= 0.3 is 0 Å². The van der Waals surface area contributed by atoms with Gasteiger partial charge in [0, 0.05) is 19.1 Å². The molecule has 0 atom stereocenters. The van der Waals surface area contributed by atoms with Crippen LogP contribution in [-0.4, -0.2) is 29.4 Å². The lowest BCUT2D eigenvalue weighted by Crippen LogP contribution is -2.35. The highest BCUT2D eigenvalue weighted by atomic mass is 16.2. The number of para-hydroxylation sites is 1. The molecule has 1 aromatic carbocycles. The van der Waals surface area contributed by atoms with E-state index in [-0.39, 0.29) is 17.0 Å². The quantitative estimate of drug-likeness (QED) is 0.946. The van der Waals surface area contributed by atoms with Crippen LogP contribution in [0.25, 0.3) is 10.9 Å². The average Bonchev–Trinajstić information content (AvgIpc) is 2.54. The number of amides is 1. The zero-order valence-electron chi connectivity index (χ0n) is 13.0. The molecule has 2 aromatic rings. The van der Waals surface area contributed by atoms with Crippen LogP contribution in [0.2, 0.25) is 0 Å². The molecule has 3 rings (SSSR count). The molecule has 0 radical (unpaired) electrons. The van der Waals surface area contributed by atoms with Crippen molar-refractivity contribution in [1.29, 1.82) is 0 Å². The Morgan fingerprint density at radius 2 is 1.95 bits per heavy atom. The molecule has 1 aromatic heterocycles. The minimum atomic E-state index is -0.306. The summed E-state index contributed by atoms with van der Waals surface area (Å²) in [5, 5.41) is 0.886. The molecule has 1 amide bonds. The highest BCUT2D eigenvalue weighted by Crippen LogP contribution is 2.24. The zero-order valence-corrected chi connectivity index (χ0v) is 13.0. The van der Waals surface area contributed by atoms with Gasteiger partial charge in [0.15, 0.2) is 0 Å². The summed E-state index contributed by atoms with van der Waals surface area (Å²) in [5.41, 5.74) is 0.690. The molecule has 1 fully saturated rings. The number of hydrogen-bond acceptors (Lipinski definition) is 2. The summed E-state index contributed by atoms with van der Waals surface area (Å²) in [6, 6.07) is 9.23. The lowest BCUT2D eigenvalue weighted by atomic mass is 9.89. The number of fused-ring (bicyclic) bond motifs is 1. The lowest BCUT2D eigenvalue weighted by molar-refractivity contribution is 0.0759. The molecule has 0 unspecified atom stereocenters. The number of aromatic amines is 1. The highest BCUT2D eigenvalue weighted by Gasteiger charge is 2.21. The van der Waals surface area contributed by atoms with Gasteiger partial charge in [0.1, 0.15) is 5.56 Å². The van der Waals surface area contributed by atoms with Gasteiger partial charge in [-0.1, -0.05) is 37.5 Å². The van der Waals surface area contributed by atoms with Gasteiger partial charge in [-0.15, -0.1) is 0 Å². The molecule has 1 aliphatic rings. The highest BCUT2D eigenvalue weighted by molar-refractivity contribution is 5.97. The van der Waals surface area contributed by atoms with Crippen molar-refractivity contribution in [3.8, 4) is 0 Å². The first kappa shape index (κ1) is 14.8. The van der Waals surface area contributed by atoms with E-state index in [4.69, 9.17) is 0 Å². The molecule has 4 nitrogen and oxygen atoms in total. The normalized spacial score (nSPS) is 15.9. The van der Waals surface area contributed by atoms with Crippen LogP contribution in [0.15, 0.2) is 35.1 Å². The summed E-state index contributed by atoms with van der Waals surface area (Å²) in [5.74, 6) is 0.389. The maximum atomic E-state index is 12.6. The maximum Gasteiger partial charge on any atom is 0.261 e. The molecule has 4 heteroatoms. The van der Waals surface area contributed by atoms with E-state index in [9.17, 15) is 9.59 Å². The third-order valence-electron chi connectivity index (χ3n) is 4.59. The third kappa shape index (κ3) is 3.06. The Bertz CT molecular complexity index is 729. The topological polar surface area (TPSA) is 53.2 Å². The fourth-order valence-electron chi connectivity index (χ4n) is 3.35. The van der Waals surface area contributed by atoms with Crippen molar-refractivity contribution in [3.05, 3.63) is 46.2 Å². The second-order valence-electron chi connectivity index (χ2n) is 6.29. The number of carbonyl (C=O) groups is 1. The molecule has 0 spiro atoms. The second-order valence-corrected chi connectivity index (χ2v) is 6.29. The van der Waals surface area contributed by atoms with Crippen molar-refractivity contribution in [2.24, 2.45) is 5.92 Å². The van der Waals surface area contributed by atoms with Crippen LogP contribution in [0.4, 0.5) is 0 Å². The summed E-state index contributed by atoms with van der Waals surface area (Å²) >= 11 is 0. The first-order chi connectivity index (χ1) is 10.6. The van der Waals surface area contributed by atoms with Gasteiger partial charge in [0.2, 0.25) is 0 Å². The molecule has 0 aliphatic heterocycles. The summed E-state index contributed by atoms with van der Waals surface area (Å²) in [6.07, 6.45) is 6.18.